The molecule has 2 aromatic rings. The average molecular weight is 293 g/mol. The molecule has 20 heavy (non-hydrogen) atoms. The van der Waals surface area contributed by atoms with Crippen LogP contribution in [0.3, 0.4) is 0 Å². The van der Waals surface area contributed by atoms with Crippen LogP contribution >= 0.6 is 11.3 Å². The maximum Gasteiger partial charge on any atom is 0.311 e. The molecule has 0 aliphatic carbocycles. The van der Waals surface area contributed by atoms with Gasteiger partial charge in [0.2, 0.25) is 11.5 Å². The monoisotopic (exact) mass is 293 g/mol. The number of benzene rings is 1. The lowest BCUT2D eigenvalue weighted by atomic mass is 10.2. The number of hydrogen-bond acceptors (Lipinski definition) is 6. The molecule has 0 saturated heterocycles. The molecule has 7 heteroatoms. The first-order valence-electron chi connectivity index (χ1n) is 5.63. The van der Waals surface area contributed by atoms with Crippen molar-refractivity contribution in [2.24, 2.45) is 0 Å². The van der Waals surface area contributed by atoms with Crippen LogP contribution < -0.4 is 9.47 Å². The summed E-state index contributed by atoms with van der Waals surface area (Å²) >= 11 is 1.30. The Kier molecular flexibility index (Phi) is 4.31. The molecule has 6 nitrogen and oxygen atoms in total. The van der Waals surface area contributed by atoms with Gasteiger partial charge in [-0.1, -0.05) is 6.07 Å². The summed E-state index contributed by atoms with van der Waals surface area (Å²) in [5, 5.41) is 12.7. The third-order valence-corrected chi connectivity index (χ3v) is 3.43. The fraction of sp³-hybridized carbons (Fsp3) is 0.154. The molecule has 104 valence electrons. The zero-order valence-corrected chi connectivity index (χ0v) is 11.4. The zero-order valence-electron chi connectivity index (χ0n) is 10.6. The quantitative estimate of drug-likeness (QED) is 0.465. The van der Waals surface area contributed by atoms with Crippen LogP contribution in [-0.2, 0) is 0 Å². The van der Waals surface area contributed by atoms with Crippen molar-refractivity contribution in [2.75, 3.05) is 13.7 Å². The summed E-state index contributed by atoms with van der Waals surface area (Å²) < 4.78 is 10.2. The van der Waals surface area contributed by atoms with E-state index in [9.17, 15) is 14.9 Å². The second-order valence-electron chi connectivity index (χ2n) is 3.78. The molecule has 0 unspecified atom stereocenters. The number of thiophene rings is 1. The fourth-order valence-electron chi connectivity index (χ4n) is 1.54. The Balaban J connectivity index is 2.15. The van der Waals surface area contributed by atoms with Gasteiger partial charge in [0.1, 0.15) is 5.75 Å². The second-order valence-corrected chi connectivity index (χ2v) is 4.73. The Hall–Kier alpha value is -2.41. The molecule has 1 aromatic carbocycles. The number of hydrogen-bond donors (Lipinski definition) is 0. The molecule has 0 aliphatic rings. The molecule has 0 saturated carbocycles. The lowest BCUT2D eigenvalue weighted by Gasteiger charge is -2.07. The minimum absolute atomic E-state index is 0.0132. The van der Waals surface area contributed by atoms with E-state index in [0.29, 0.717) is 10.6 Å². The summed E-state index contributed by atoms with van der Waals surface area (Å²) in [5.41, 5.74) is -0.204. The van der Waals surface area contributed by atoms with E-state index < -0.39 is 4.92 Å². The van der Waals surface area contributed by atoms with Crippen molar-refractivity contribution in [1.29, 1.82) is 0 Å². The summed E-state index contributed by atoms with van der Waals surface area (Å²) in [6.07, 6.45) is 0. The van der Waals surface area contributed by atoms with Crippen LogP contribution in [0.2, 0.25) is 0 Å². The molecule has 0 aliphatic heterocycles. The molecule has 0 spiro atoms. The number of Topliss-reactive ketones (excluding diaryl/α,β-unsaturated/α-hetero) is 1. The van der Waals surface area contributed by atoms with Gasteiger partial charge < -0.3 is 9.47 Å². The van der Waals surface area contributed by atoms with E-state index in [1.807, 2.05) is 0 Å². The zero-order chi connectivity index (χ0) is 14.5. The van der Waals surface area contributed by atoms with Gasteiger partial charge in [0.25, 0.3) is 0 Å². The topological polar surface area (TPSA) is 78.7 Å². The molecule has 2 rings (SSSR count). The van der Waals surface area contributed by atoms with Crippen LogP contribution in [0.1, 0.15) is 9.67 Å². The summed E-state index contributed by atoms with van der Waals surface area (Å²) in [6, 6.07) is 7.57. The van der Waals surface area contributed by atoms with E-state index in [1.165, 1.54) is 36.6 Å². The van der Waals surface area contributed by atoms with Crippen LogP contribution in [0.25, 0.3) is 0 Å². The number of carbonyl (C=O) groups excluding carboxylic acids is 1. The number of rotatable bonds is 6. The van der Waals surface area contributed by atoms with Gasteiger partial charge in [-0.05, 0) is 17.5 Å². The summed E-state index contributed by atoms with van der Waals surface area (Å²) in [7, 11) is 1.45. The summed E-state index contributed by atoms with van der Waals surface area (Å²) in [6.45, 7) is -0.255. The normalized spacial score (nSPS) is 10.1. The summed E-state index contributed by atoms with van der Waals surface area (Å²) in [4.78, 5) is 22.7. The third kappa shape index (κ3) is 3.12. The number of carbonyl (C=O) groups is 1. The van der Waals surface area contributed by atoms with Crippen LogP contribution in [0, 0.1) is 10.1 Å². The van der Waals surface area contributed by atoms with E-state index in [4.69, 9.17) is 9.47 Å². The Morgan fingerprint density at radius 3 is 2.80 bits per heavy atom. The van der Waals surface area contributed by atoms with Crippen LogP contribution in [0.5, 0.6) is 11.5 Å². The Morgan fingerprint density at radius 2 is 2.20 bits per heavy atom. The maximum absolute atomic E-state index is 11.8. The Morgan fingerprint density at radius 1 is 1.40 bits per heavy atom. The first kappa shape index (κ1) is 14.0. The Bertz CT molecular complexity index is 624. The van der Waals surface area contributed by atoms with E-state index in [-0.39, 0.29) is 23.8 Å². The van der Waals surface area contributed by atoms with Crippen molar-refractivity contribution in [1.82, 2.24) is 0 Å². The lowest BCUT2D eigenvalue weighted by Crippen LogP contribution is -2.11. The largest absolute Gasteiger partial charge is 0.497 e. The molecule has 0 fully saturated rings. The number of nitro benzene ring substituents is 1. The van der Waals surface area contributed by atoms with Crippen molar-refractivity contribution >= 4 is 22.8 Å². The van der Waals surface area contributed by atoms with Gasteiger partial charge in [-0.3, -0.25) is 14.9 Å². The van der Waals surface area contributed by atoms with E-state index >= 15 is 0 Å². The Labute approximate surface area is 118 Å². The van der Waals surface area contributed by atoms with Crippen molar-refractivity contribution in [3.05, 3.63) is 50.7 Å². The molecule has 1 aromatic heterocycles. The maximum atomic E-state index is 11.8. The number of ketones is 1. The highest BCUT2D eigenvalue weighted by molar-refractivity contribution is 7.12. The van der Waals surface area contributed by atoms with Crippen LogP contribution in [0.4, 0.5) is 5.69 Å². The molecule has 0 atom stereocenters. The van der Waals surface area contributed by atoms with Crippen molar-refractivity contribution in [3.8, 4) is 11.5 Å². The molecular weight excluding hydrogens is 282 g/mol. The van der Waals surface area contributed by atoms with E-state index in [1.54, 1.807) is 17.5 Å². The highest BCUT2D eigenvalue weighted by atomic mass is 32.1. The molecule has 0 radical (unpaired) electrons. The number of methoxy groups -OCH3 is 1. The van der Waals surface area contributed by atoms with E-state index in [0.717, 1.165) is 0 Å². The number of nitrogens with zero attached hydrogens (tertiary/aromatic N) is 1. The van der Waals surface area contributed by atoms with Crippen LogP contribution in [0.15, 0.2) is 35.7 Å². The molecule has 0 amide bonds. The SMILES string of the molecule is COc1ccc([N+](=O)[O-])c(OCC(=O)c2cccs2)c1. The molecule has 1 heterocycles. The highest BCUT2D eigenvalue weighted by Gasteiger charge is 2.17. The van der Waals surface area contributed by atoms with Crippen molar-refractivity contribution < 1.29 is 19.2 Å². The smallest absolute Gasteiger partial charge is 0.311 e. The highest BCUT2D eigenvalue weighted by Crippen LogP contribution is 2.31. The van der Waals surface area contributed by atoms with Gasteiger partial charge in [-0.15, -0.1) is 11.3 Å². The average Bonchev–Trinajstić information content (AvgIpc) is 2.98. The van der Waals surface area contributed by atoms with Gasteiger partial charge >= 0.3 is 5.69 Å². The predicted octanol–water partition coefficient (Wildman–Crippen LogP) is 2.93. The molecule has 0 bridgehead atoms. The van der Waals surface area contributed by atoms with Crippen molar-refractivity contribution in [2.45, 2.75) is 0 Å². The van der Waals surface area contributed by atoms with Gasteiger partial charge in [-0.25, -0.2) is 0 Å². The van der Waals surface area contributed by atoms with Crippen molar-refractivity contribution in [3.63, 3.8) is 0 Å². The predicted molar refractivity (Wildman–Crippen MR) is 73.8 cm³/mol. The van der Waals surface area contributed by atoms with Gasteiger partial charge in [-0.2, -0.15) is 0 Å². The first-order valence-corrected chi connectivity index (χ1v) is 6.51. The van der Waals surface area contributed by atoms with Gasteiger partial charge in [0.15, 0.2) is 6.61 Å². The molecular formula is C13H11NO5S. The van der Waals surface area contributed by atoms with Gasteiger partial charge in [0.05, 0.1) is 16.9 Å². The van der Waals surface area contributed by atoms with E-state index in [2.05, 4.69) is 0 Å². The first-order chi connectivity index (χ1) is 9.61. The lowest BCUT2D eigenvalue weighted by molar-refractivity contribution is -0.385. The second kappa shape index (κ2) is 6.16. The van der Waals surface area contributed by atoms with Crippen LogP contribution in [-0.4, -0.2) is 24.4 Å². The summed E-state index contributed by atoms with van der Waals surface area (Å²) in [5.74, 6) is 0.213. The standard InChI is InChI=1S/C13H11NO5S/c1-18-9-4-5-10(14(16)17)12(7-9)19-8-11(15)13-3-2-6-20-13/h2-7H,8H2,1H3. The third-order valence-electron chi connectivity index (χ3n) is 2.52. The number of nitro groups is 1. The minimum atomic E-state index is -0.565. The minimum Gasteiger partial charge on any atom is -0.497 e. The number of ether oxygens (including phenoxy) is 2. The van der Waals surface area contributed by atoms with Gasteiger partial charge in [0, 0.05) is 12.1 Å². The fourth-order valence-corrected chi connectivity index (χ4v) is 2.19. The molecule has 0 N–H and O–H groups in total.